The van der Waals surface area contributed by atoms with E-state index in [9.17, 15) is 13.2 Å². The van der Waals surface area contributed by atoms with Gasteiger partial charge in [0, 0.05) is 13.0 Å². The van der Waals surface area contributed by atoms with Gasteiger partial charge in [0.2, 0.25) is 5.91 Å². The molecule has 5 nitrogen and oxygen atoms in total. The Balaban J connectivity index is 3.27. The van der Waals surface area contributed by atoms with E-state index in [2.05, 4.69) is 12.2 Å². The molecule has 2 N–H and O–H groups in total. The van der Waals surface area contributed by atoms with Crippen molar-refractivity contribution in [2.75, 3.05) is 12.3 Å². The van der Waals surface area contributed by atoms with E-state index in [-0.39, 0.29) is 12.5 Å². The highest BCUT2D eigenvalue weighted by Gasteiger charge is 2.06. The minimum absolute atomic E-state index is 0.0188. The Bertz CT molecular complexity index is 341. The summed E-state index contributed by atoms with van der Waals surface area (Å²) in [7, 11) is -3.98. The number of nitrogens with one attached hydrogen (secondary N) is 1. The molecule has 0 atom stereocenters. The third-order valence-corrected chi connectivity index (χ3v) is 3.91. The average molecular weight is 307 g/mol. The Hall–Kier alpha value is -0.620. The summed E-state index contributed by atoms with van der Waals surface area (Å²) in [5.41, 5.74) is 0. The molecular weight excluding hydrogens is 278 g/mol. The van der Waals surface area contributed by atoms with E-state index in [4.69, 9.17) is 4.55 Å². The van der Waals surface area contributed by atoms with Crippen molar-refractivity contribution in [2.24, 2.45) is 0 Å². The second kappa shape index (κ2) is 12.1. The van der Waals surface area contributed by atoms with Gasteiger partial charge in [-0.25, -0.2) is 0 Å². The summed E-state index contributed by atoms with van der Waals surface area (Å²) >= 11 is 0. The van der Waals surface area contributed by atoms with Crippen LogP contribution in [-0.2, 0) is 14.9 Å². The van der Waals surface area contributed by atoms with Crippen LogP contribution >= 0.6 is 0 Å². The van der Waals surface area contributed by atoms with Gasteiger partial charge in [-0.15, -0.1) is 0 Å². The molecule has 0 rings (SSSR count). The van der Waals surface area contributed by atoms with Crippen LogP contribution in [0.2, 0.25) is 0 Å². The normalized spacial score (nSPS) is 11.5. The quantitative estimate of drug-likeness (QED) is 0.405. The summed E-state index contributed by atoms with van der Waals surface area (Å²) < 4.78 is 29.4. The predicted molar refractivity (Wildman–Crippen MR) is 81.3 cm³/mol. The molecule has 6 heteroatoms. The molecule has 1 amide bonds. The van der Waals surface area contributed by atoms with E-state index in [1.165, 1.54) is 38.5 Å². The highest BCUT2D eigenvalue weighted by Crippen LogP contribution is 2.10. The highest BCUT2D eigenvalue weighted by molar-refractivity contribution is 7.85. The largest absolute Gasteiger partial charge is 0.355 e. The van der Waals surface area contributed by atoms with E-state index in [1.54, 1.807) is 0 Å². The van der Waals surface area contributed by atoms with Crippen molar-refractivity contribution in [1.82, 2.24) is 5.32 Å². The Morgan fingerprint density at radius 2 is 1.45 bits per heavy atom. The second-order valence-corrected chi connectivity index (χ2v) is 6.79. The Kier molecular flexibility index (Phi) is 11.8. The predicted octanol–water partition coefficient (Wildman–Crippen LogP) is 2.91. The Morgan fingerprint density at radius 3 is 1.95 bits per heavy atom. The van der Waals surface area contributed by atoms with Gasteiger partial charge in [0.15, 0.2) is 0 Å². The first-order chi connectivity index (χ1) is 9.45. The van der Waals surface area contributed by atoms with Crippen LogP contribution < -0.4 is 5.32 Å². The summed E-state index contributed by atoms with van der Waals surface area (Å²) in [4.78, 5) is 11.3. The molecule has 0 saturated carbocycles. The van der Waals surface area contributed by atoms with Gasteiger partial charge in [0.1, 0.15) is 0 Å². The van der Waals surface area contributed by atoms with Crippen molar-refractivity contribution in [2.45, 2.75) is 71.1 Å². The zero-order valence-corrected chi connectivity index (χ0v) is 13.4. The van der Waals surface area contributed by atoms with E-state index in [1.807, 2.05) is 0 Å². The number of amides is 1. The van der Waals surface area contributed by atoms with Crippen molar-refractivity contribution in [3.8, 4) is 0 Å². The first kappa shape index (κ1) is 19.4. The third kappa shape index (κ3) is 15.4. The van der Waals surface area contributed by atoms with Crippen LogP contribution in [0.4, 0.5) is 0 Å². The van der Waals surface area contributed by atoms with Gasteiger partial charge in [0.05, 0.1) is 5.75 Å². The average Bonchev–Trinajstić information content (AvgIpc) is 2.35. The first-order valence-corrected chi connectivity index (χ1v) is 9.28. The fourth-order valence-corrected chi connectivity index (χ4v) is 2.36. The summed E-state index contributed by atoms with van der Waals surface area (Å²) in [5, 5.41) is 2.49. The number of rotatable bonds is 13. The van der Waals surface area contributed by atoms with Crippen LogP contribution in [0.15, 0.2) is 0 Å². The van der Waals surface area contributed by atoms with E-state index >= 15 is 0 Å². The lowest BCUT2D eigenvalue weighted by molar-refractivity contribution is -0.121. The fourth-order valence-electron chi connectivity index (χ4n) is 2.00. The van der Waals surface area contributed by atoms with Gasteiger partial charge in [0.25, 0.3) is 10.1 Å². The van der Waals surface area contributed by atoms with E-state index in [0.29, 0.717) is 6.42 Å². The van der Waals surface area contributed by atoms with Gasteiger partial charge in [-0.05, 0) is 6.42 Å². The molecule has 0 radical (unpaired) electrons. The number of carbonyl (C=O) groups is 1. The minimum Gasteiger partial charge on any atom is -0.355 e. The molecule has 0 spiro atoms. The molecular formula is C14H29NO4S. The smallest absolute Gasteiger partial charge is 0.266 e. The van der Waals surface area contributed by atoms with Crippen molar-refractivity contribution >= 4 is 16.0 Å². The maximum atomic E-state index is 11.3. The van der Waals surface area contributed by atoms with Crippen LogP contribution in [-0.4, -0.2) is 31.2 Å². The maximum Gasteiger partial charge on any atom is 0.266 e. The molecule has 0 aromatic heterocycles. The van der Waals surface area contributed by atoms with Crippen LogP contribution in [0.5, 0.6) is 0 Å². The van der Waals surface area contributed by atoms with Crippen molar-refractivity contribution in [3.05, 3.63) is 0 Å². The van der Waals surface area contributed by atoms with Crippen molar-refractivity contribution in [3.63, 3.8) is 0 Å². The number of unbranched alkanes of at least 4 members (excludes halogenated alkanes) is 8. The molecule has 0 unspecified atom stereocenters. The van der Waals surface area contributed by atoms with E-state index in [0.717, 1.165) is 19.3 Å². The first-order valence-electron chi connectivity index (χ1n) is 7.67. The number of carbonyl (C=O) groups excluding carboxylic acids is 1. The standard InChI is InChI=1S/C14H29NO4S/c1-2-3-4-5-6-7-8-9-10-11-14(16)15-12-13-20(17,18)19/h2-13H2,1H3,(H,15,16)(H,17,18,19). The minimum atomic E-state index is -3.98. The molecule has 0 fully saturated rings. The van der Waals surface area contributed by atoms with Crippen molar-refractivity contribution < 1.29 is 17.8 Å². The third-order valence-electron chi connectivity index (χ3n) is 3.19. The van der Waals surface area contributed by atoms with Crippen LogP contribution in [0.1, 0.15) is 71.1 Å². The summed E-state index contributed by atoms with van der Waals surface area (Å²) in [6, 6.07) is 0. The van der Waals surface area contributed by atoms with Gasteiger partial charge < -0.3 is 5.32 Å². The van der Waals surface area contributed by atoms with Crippen LogP contribution in [0.3, 0.4) is 0 Å². The summed E-state index contributed by atoms with van der Waals surface area (Å²) in [5.74, 6) is -0.562. The number of hydrogen-bond donors (Lipinski definition) is 2. The summed E-state index contributed by atoms with van der Waals surface area (Å²) in [6.07, 6.45) is 11.2. The second-order valence-electron chi connectivity index (χ2n) is 5.21. The molecule has 0 aliphatic heterocycles. The molecule has 0 heterocycles. The zero-order chi connectivity index (χ0) is 15.3. The zero-order valence-electron chi connectivity index (χ0n) is 12.6. The SMILES string of the molecule is CCCCCCCCCCCC(=O)NCCS(=O)(=O)O. The lowest BCUT2D eigenvalue weighted by Gasteiger charge is -2.04. The molecule has 20 heavy (non-hydrogen) atoms. The topological polar surface area (TPSA) is 83.5 Å². The Labute approximate surface area is 123 Å². The molecule has 0 aliphatic carbocycles. The van der Waals surface area contributed by atoms with Gasteiger partial charge in [-0.1, -0.05) is 58.3 Å². The molecule has 0 aromatic rings. The van der Waals surface area contributed by atoms with Crippen LogP contribution in [0, 0.1) is 0 Å². The lowest BCUT2D eigenvalue weighted by Crippen LogP contribution is -2.28. The van der Waals surface area contributed by atoms with Gasteiger partial charge >= 0.3 is 0 Å². The maximum absolute atomic E-state index is 11.3. The van der Waals surface area contributed by atoms with Crippen LogP contribution in [0.25, 0.3) is 0 Å². The summed E-state index contributed by atoms with van der Waals surface area (Å²) in [6.45, 7) is 2.19. The van der Waals surface area contributed by atoms with Gasteiger partial charge in [-0.2, -0.15) is 8.42 Å². The lowest BCUT2D eigenvalue weighted by atomic mass is 10.1. The van der Waals surface area contributed by atoms with Gasteiger partial charge in [-0.3, -0.25) is 9.35 Å². The fraction of sp³-hybridized carbons (Fsp3) is 0.929. The molecule has 0 saturated heterocycles. The monoisotopic (exact) mass is 307 g/mol. The van der Waals surface area contributed by atoms with Crippen molar-refractivity contribution in [1.29, 1.82) is 0 Å². The molecule has 0 aliphatic rings. The number of hydrogen-bond acceptors (Lipinski definition) is 3. The van der Waals surface area contributed by atoms with E-state index < -0.39 is 15.9 Å². The Morgan fingerprint density at radius 1 is 0.950 bits per heavy atom. The molecule has 120 valence electrons. The molecule has 0 aromatic carbocycles. The molecule has 0 bridgehead atoms. The highest BCUT2D eigenvalue weighted by atomic mass is 32.2.